The summed E-state index contributed by atoms with van der Waals surface area (Å²) >= 11 is 5.87. The van der Waals surface area contributed by atoms with Gasteiger partial charge in [0.25, 0.3) is 0 Å². The third-order valence-corrected chi connectivity index (χ3v) is 3.72. The molecule has 0 saturated carbocycles. The van der Waals surface area contributed by atoms with Crippen molar-refractivity contribution in [2.75, 3.05) is 18.4 Å². The number of likely N-dealkylation sites (tertiary alicyclic amines) is 1. The van der Waals surface area contributed by atoms with Crippen LogP contribution in [0.1, 0.15) is 31.2 Å². The molecule has 1 aliphatic rings. The van der Waals surface area contributed by atoms with E-state index in [1.807, 2.05) is 6.92 Å². The lowest BCUT2D eigenvalue weighted by atomic mass is 10.1. The van der Waals surface area contributed by atoms with E-state index >= 15 is 0 Å². The van der Waals surface area contributed by atoms with Gasteiger partial charge in [0, 0.05) is 23.8 Å². The van der Waals surface area contributed by atoms with Crippen molar-refractivity contribution in [3.8, 4) is 0 Å². The molecule has 0 aliphatic carbocycles. The third kappa shape index (κ3) is 3.97. The Hall–Kier alpha value is -1.55. The summed E-state index contributed by atoms with van der Waals surface area (Å²) in [6.07, 6.45) is 3.13. The first-order valence-electron chi connectivity index (χ1n) is 6.90. The van der Waals surface area contributed by atoms with Crippen molar-refractivity contribution >= 4 is 29.1 Å². The first-order valence-corrected chi connectivity index (χ1v) is 7.28. The quantitative estimate of drug-likeness (QED) is 0.871. The Kier molecular flexibility index (Phi) is 5.01. The number of nitrogens with zero attached hydrogens (tertiary/aromatic N) is 1. The molecular formula is C15H19ClN2O2. The van der Waals surface area contributed by atoms with Gasteiger partial charge >= 0.3 is 0 Å². The minimum Gasteiger partial charge on any atom is -0.342 e. The number of halogens is 1. The SMILES string of the molecule is Cc1cc(Cl)ccc1NC(=O)CC(=O)N1CCCCC1. The van der Waals surface area contributed by atoms with Gasteiger partial charge in [0.2, 0.25) is 11.8 Å². The fourth-order valence-corrected chi connectivity index (χ4v) is 2.58. The van der Waals surface area contributed by atoms with Crippen LogP contribution in [0.2, 0.25) is 5.02 Å². The zero-order valence-electron chi connectivity index (χ0n) is 11.6. The van der Waals surface area contributed by atoms with Crippen molar-refractivity contribution in [3.05, 3.63) is 28.8 Å². The van der Waals surface area contributed by atoms with Gasteiger partial charge in [-0.05, 0) is 49.9 Å². The van der Waals surface area contributed by atoms with Gasteiger partial charge in [-0.15, -0.1) is 0 Å². The summed E-state index contributed by atoms with van der Waals surface area (Å²) in [4.78, 5) is 25.7. The molecule has 1 N–H and O–H groups in total. The summed E-state index contributed by atoms with van der Waals surface area (Å²) in [5.41, 5.74) is 1.59. The number of nitrogens with one attached hydrogen (secondary N) is 1. The van der Waals surface area contributed by atoms with E-state index in [1.54, 1.807) is 23.1 Å². The topological polar surface area (TPSA) is 49.4 Å². The van der Waals surface area contributed by atoms with Crippen molar-refractivity contribution in [1.29, 1.82) is 0 Å². The van der Waals surface area contributed by atoms with Crippen molar-refractivity contribution in [2.45, 2.75) is 32.6 Å². The predicted octanol–water partition coefficient (Wildman–Crippen LogP) is 2.99. The largest absolute Gasteiger partial charge is 0.342 e. The molecular weight excluding hydrogens is 276 g/mol. The number of hydrogen-bond donors (Lipinski definition) is 1. The highest BCUT2D eigenvalue weighted by molar-refractivity contribution is 6.30. The van der Waals surface area contributed by atoms with Crippen LogP contribution in [-0.4, -0.2) is 29.8 Å². The molecule has 1 heterocycles. The fraction of sp³-hybridized carbons (Fsp3) is 0.467. The second kappa shape index (κ2) is 6.75. The molecule has 0 radical (unpaired) electrons. The van der Waals surface area contributed by atoms with Crippen LogP contribution in [0.15, 0.2) is 18.2 Å². The molecule has 2 rings (SSSR count). The average Bonchev–Trinajstić information content (AvgIpc) is 2.43. The normalized spacial score (nSPS) is 15.0. The highest BCUT2D eigenvalue weighted by atomic mass is 35.5. The number of carbonyl (C=O) groups excluding carboxylic acids is 2. The molecule has 108 valence electrons. The van der Waals surface area contributed by atoms with Crippen LogP contribution in [0.5, 0.6) is 0 Å². The molecule has 0 aromatic heterocycles. The van der Waals surface area contributed by atoms with E-state index in [1.165, 1.54) is 6.42 Å². The van der Waals surface area contributed by atoms with E-state index in [2.05, 4.69) is 5.32 Å². The molecule has 0 spiro atoms. The molecule has 1 fully saturated rings. The van der Waals surface area contributed by atoms with Gasteiger partial charge in [0.05, 0.1) is 0 Å². The number of hydrogen-bond acceptors (Lipinski definition) is 2. The van der Waals surface area contributed by atoms with E-state index in [-0.39, 0.29) is 18.2 Å². The van der Waals surface area contributed by atoms with E-state index in [9.17, 15) is 9.59 Å². The lowest BCUT2D eigenvalue weighted by Crippen LogP contribution is -2.37. The summed E-state index contributed by atoms with van der Waals surface area (Å²) in [6.45, 7) is 3.41. The fourth-order valence-electron chi connectivity index (χ4n) is 2.35. The van der Waals surface area contributed by atoms with Crippen molar-refractivity contribution < 1.29 is 9.59 Å². The predicted molar refractivity (Wildman–Crippen MR) is 79.9 cm³/mol. The molecule has 20 heavy (non-hydrogen) atoms. The molecule has 1 aliphatic heterocycles. The Morgan fingerprint density at radius 1 is 1.25 bits per heavy atom. The second-order valence-electron chi connectivity index (χ2n) is 5.13. The molecule has 4 nitrogen and oxygen atoms in total. The molecule has 1 saturated heterocycles. The summed E-state index contributed by atoms with van der Waals surface area (Å²) in [7, 11) is 0. The maximum absolute atomic E-state index is 12.0. The Balaban J connectivity index is 1.90. The molecule has 1 aromatic carbocycles. The maximum Gasteiger partial charge on any atom is 0.233 e. The summed E-state index contributed by atoms with van der Waals surface area (Å²) in [5, 5.41) is 3.39. The summed E-state index contributed by atoms with van der Waals surface area (Å²) < 4.78 is 0. The van der Waals surface area contributed by atoms with Gasteiger partial charge in [-0.25, -0.2) is 0 Å². The highest BCUT2D eigenvalue weighted by Crippen LogP contribution is 2.20. The zero-order chi connectivity index (χ0) is 14.5. The van der Waals surface area contributed by atoms with Crippen LogP contribution >= 0.6 is 11.6 Å². The van der Waals surface area contributed by atoms with Gasteiger partial charge in [-0.1, -0.05) is 11.6 Å². The highest BCUT2D eigenvalue weighted by Gasteiger charge is 2.19. The van der Waals surface area contributed by atoms with Crippen molar-refractivity contribution in [3.63, 3.8) is 0 Å². The van der Waals surface area contributed by atoms with Gasteiger partial charge in [0.1, 0.15) is 6.42 Å². The standard InChI is InChI=1S/C15H19ClN2O2/c1-11-9-12(16)5-6-13(11)17-14(19)10-15(20)18-7-3-2-4-8-18/h5-6,9H,2-4,7-8,10H2,1H3,(H,17,19). The van der Waals surface area contributed by atoms with E-state index in [0.29, 0.717) is 10.7 Å². The summed E-state index contributed by atoms with van der Waals surface area (Å²) in [6, 6.07) is 5.25. The minimum absolute atomic E-state index is 0.0891. The molecule has 0 unspecified atom stereocenters. The molecule has 1 aromatic rings. The van der Waals surface area contributed by atoms with Crippen LogP contribution in [0, 0.1) is 6.92 Å². The molecule has 2 amide bonds. The van der Waals surface area contributed by atoms with Crippen LogP contribution in [0.4, 0.5) is 5.69 Å². The number of rotatable bonds is 3. The number of anilines is 1. The lowest BCUT2D eigenvalue weighted by Gasteiger charge is -2.26. The van der Waals surface area contributed by atoms with Gasteiger partial charge in [0.15, 0.2) is 0 Å². The van der Waals surface area contributed by atoms with Crippen LogP contribution in [-0.2, 0) is 9.59 Å². The number of piperidine rings is 1. The smallest absolute Gasteiger partial charge is 0.233 e. The van der Waals surface area contributed by atoms with Crippen molar-refractivity contribution in [1.82, 2.24) is 4.90 Å². The van der Waals surface area contributed by atoms with Crippen LogP contribution in [0.3, 0.4) is 0 Å². The maximum atomic E-state index is 12.0. The monoisotopic (exact) mass is 294 g/mol. The Labute approximate surface area is 124 Å². The lowest BCUT2D eigenvalue weighted by molar-refractivity contribution is -0.135. The Bertz CT molecular complexity index is 511. The first kappa shape index (κ1) is 14.9. The molecule has 0 bridgehead atoms. The van der Waals surface area contributed by atoms with Crippen molar-refractivity contribution in [2.24, 2.45) is 0 Å². The minimum atomic E-state index is -0.272. The Morgan fingerprint density at radius 3 is 2.60 bits per heavy atom. The van der Waals surface area contributed by atoms with E-state index in [4.69, 9.17) is 11.6 Å². The van der Waals surface area contributed by atoms with Gasteiger partial charge < -0.3 is 10.2 Å². The Morgan fingerprint density at radius 2 is 1.95 bits per heavy atom. The molecule has 0 atom stereocenters. The third-order valence-electron chi connectivity index (χ3n) is 3.48. The zero-order valence-corrected chi connectivity index (χ0v) is 12.4. The van der Waals surface area contributed by atoms with Crippen LogP contribution in [0.25, 0.3) is 0 Å². The number of carbonyl (C=O) groups is 2. The second-order valence-corrected chi connectivity index (χ2v) is 5.56. The van der Waals surface area contributed by atoms with Gasteiger partial charge in [-0.2, -0.15) is 0 Å². The number of benzene rings is 1. The first-order chi connectivity index (χ1) is 9.56. The van der Waals surface area contributed by atoms with Crippen LogP contribution < -0.4 is 5.32 Å². The van der Waals surface area contributed by atoms with E-state index < -0.39 is 0 Å². The number of amides is 2. The van der Waals surface area contributed by atoms with E-state index in [0.717, 1.165) is 31.5 Å². The summed E-state index contributed by atoms with van der Waals surface area (Å²) in [5.74, 6) is -0.361. The molecule has 5 heteroatoms. The number of aryl methyl sites for hydroxylation is 1. The average molecular weight is 295 g/mol. The van der Waals surface area contributed by atoms with Gasteiger partial charge in [-0.3, -0.25) is 9.59 Å².